The molecule has 7 heteroatoms. The molecule has 0 atom stereocenters. The lowest BCUT2D eigenvalue weighted by Crippen LogP contribution is -2.25. The normalized spacial score (nSPS) is 10.7. The monoisotopic (exact) mass is 391 g/mol. The number of esters is 1. The molecule has 2 aromatic rings. The summed E-state index contributed by atoms with van der Waals surface area (Å²) in [7, 11) is 1.39. The van der Waals surface area contributed by atoms with Gasteiger partial charge in [-0.2, -0.15) is 5.10 Å². The van der Waals surface area contributed by atoms with Crippen molar-refractivity contribution in [1.82, 2.24) is 15.1 Å². The van der Waals surface area contributed by atoms with Gasteiger partial charge in [0.2, 0.25) is 0 Å². The lowest BCUT2D eigenvalue weighted by atomic mass is 10.1. The molecule has 6 nitrogen and oxygen atoms in total. The molecule has 146 valence electrons. The third-order valence-electron chi connectivity index (χ3n) is 4.46. The van der Waals surface area contributed by atoms with Crippen LogP contribution >= 0.6 is 11.6 Å². The standard InChI is InChI=1S/C20H26ClN3O3/c1-14-19(20(26)22-12-8-4-5-11-18(25)27-3)15(2)24(23-14)13-16-9-6-7-10-17(16)21/h6-7,9-10H,4-5,8,11-13H2,1-3H3,(H,22,26). The van der Waals surface area contributed by atoms with Gasteiger partial charge in [-0.1, -0.05) is 36.2 Å². The Morgan fingerprint density at radius 2 is 1.93 bits per heavy atom. The van der Waals surface area contributed by atoms with Crippen LogP contribution in [0.15, 0.2) is 24.3 Å². The number of carbonyl (C=O) groups excluding carboxylic acids is 2. The first-order valence-corrected chi connectivity index (χ1v) is 9.44. The fourth-order valence-corrected chi connectivity index (χ4v) is 3.13. The van der Waals surface area contributed by atoms with E-state index in [0.29, 0.717) is 35.8 Å². The molecule has 0 saturated heterocycles. The minimum atomic E-state index is -0.198. The van der Waals surface area contributed by atoms with E-state index in [2.05, 4.69) is 15.2 Å². The largest absolute Gasteiger partial charge is 0.469 e. The minimum Gasteiger partial charge on any atom is -0.469 e. The molecule has 1 amide bonds. The summed E-state index contributed by atoms with van der Waals surface area (Å²) in [6.07, 6.45) is 2.85. The third kappa shape index (κ3) is 5.82. The summed E-state index contributed by atoms with van der Waals surface area (Å²) in [6.45, 7) is 4.81. The molecule has 0 bridgehead atoms. The molecule has 1 aromatic heterocycles. The van der Waals surface area contributed by atoms with E-state index in [-0.39, 0.29) is 11.9 Å². The molecule has 1 aromatic carbocycles. The summed E-state index contributed by atoms with van der Waals surface area (Å²) in [5.74, 6) is -0.320. The summed E-state index contributed by atoms with van der Waals surface area (Å²) in [4.78, 5) is 23.6. The predicted octanol–water partition coefficient (Wildman–Crippen LogP) is 3.66. The first kappa shape index (κ1) is 21.0. The van der Waals surface area contributed by atoms with Crippen molar-refractivity contribution in [3.63, 3.8) is 0 Å². The van der Waals surface area contributed by atoms with Crippen molar-refractivity contribution in [2.24, 2.45) is 0 Å². The van der Waals surface area contributed by atoms with Gasteiger partial charge in [0.05, 0.1) is 24.9 Å². The van der Waals surface area contributed by atoms with Gasteiger partial charge in [-0.3, -0.25) is 14.3 Å². The van der Waals surface area contributed by atoms with E-state index in [9.17, 15) is 9.59 Å². The number of hydrogen-bond donors (Lipinski definition) is 1. The van der Waals surface area contributed by atoms with Crippen molar-refractivity contribution in [2.75, 3.05) is 13.7 Å². The summed E-state index contributed by atoms with van der Waals surface area (Å²) in [6, 6.07) is 7.61. The third-order valence-corrected chi connectivity index (χ3v) is 4.83. The molecule has 1 heterocycles. The van der Waals surface area contributed by atoms with Crippen LogP contribution in [0.1, 0.15) is 53.0 Å². The molecule has 0 aliphatic carbocycles. The van der Waals surface area contributed by atoms with Crippen LogP contribution in [-0.2, 0) is 16.1 Å². The van der Waals surface area contributed by atoms with E-state index in [1.807, 2.05) is 42.8 Å². The smallest absolute Gasteiger partial charge is 0.305 e. The molecule has 0 fully saturated rings. The second kappa shape index (κ2) is 10.1. The predicted molar refractivity (Wildman–Crippen MR) is 105 cm³/mol. The van der Waals surface area contributed by atoms with Crippen LogP contribution in [0.4, 0.5) is 0 Å². The Kier molecular flexibility index (Phi) is 7.85. The van der Waals surface area contributed by atoms with E-state index >= 15 is 0 Å². The number of aryl methyl sites for hydroxylation is 1. The molecule has 27 heavy (non-hydrogen) atoms. The van der Waals surface area contributed by atoms with E-state index in [1.165, 1.54) is 7.11 Å². The Bertz CT molecular complexity index is 802. The number of aromatic nitrogens is 2. The Morgan fingerprint density at radius 3 is 2.63 bits per heavy atom. The number of benzene rings is 1. The fraction of sp³-hybridized carbons (Fsp3) is 0.450. The zero-order chi connectivity index (χ0) is 19.8. The van der Waals surface area contributed by atoms with Crippen molar-refractivity contribution >= 4 is 23.5 Å². The highest BCUT2D eigenvalue weighted by atomic mass is 35.5. The SMILES string of the molecule is COC(=O)CCCCCNC(=O)c1c(C)nn(Cc2ccccc2Cl)c1C. The zero-order valence-corrected chi connectivity index (χ0v) is 16.8. The Balaban J connectivity index is 1.90. The number of nitrogens with one attached hydrogen (secondary N) is 1. The summed E-state index contributed by atoms with van der Waals surface area (Å²) in [5.41, 5.74) is 3.08. The fourth-order valence-electron chi connectivity index (χ4n) is 2.93. The molecule has 0 spiro atoms. The highest BCUT2D eigenvalue weighted by molar-refractivity contribution is 6.31. The van der Waals surface area contributed by atoms with Crippen molar-refractivity contribution in [3.05, 3.63) is 51.8 Å². The quantitative estimate of drug-likeness (QED) is 0.523. The van der Waals surface area contributed by atoms with Gasteiger partial charge in [-0.05, 0) is 38.3 Å². The van der Waals surface area contributed by atoms with Crippen molar-refractivity contribution < 1.29 is 14.3 Å². The van der Waals surface area contributed by atoms with Gasteiger partial charge < -0.3 is 10.1 Å². The van der Waals surface area contributed by atoms with E-state index in [0.717, 1.165) is 30.5 Å². The number of rotatable bonds is 9. The van der Waals surface area contributed by atoms with Gasteiger partial charge in [-0.15, -0.1) is 0 Å². The number of ether oxygens (including phenoxy) is 1. The summed E-state index contributed by atoms with van der Waals surface area (Å²) in [5, 5.41) is 8.12. The van der Waals surface area contributed by atoms with Crippen LogP contribution in [0.25, 0.3) is 0 Å². The maximum absolute atomic E-state index is 12.5. The van der Waals surface area contributed by atoms with Crippen LogP contribution in [0.3, 0.4) is 0 Å². The minimum absolute atomic E-state index is 0.122. The highest BCUT2D eigenvalue weighted by Crippen LogP contribution is 2.19. The molecule has 0 radical (unpaired) electrons. The lowest BCUT2D eigenvalue weighted by molar-refractivity contribution is -0.140. The Hall–Kier alpha value is -2.34. The molecule has 1 N–H and O–H groups in total. The summed E-state index contributed by atoms with van der Waals surface area (Å²) < 4.78 is 6.41. The van der Waals surface area contributed by atoms with E-state index in [1.54, 1.807) is 0 Å². The first-order valence-electron chi connectivity index (χ1n) is 9.06. The Morgan fingerprint density at radius 1 is 1.19 bits per heavy atom. The number of amides is 1. The first-order chi connectivity index (χ1) is 12.9. The number of halogens is 1. The number of methoxy groups -OCH3 is 1. The van der Waals surface area contributed by atoms with E-state index < -0.39 is 0 Å². The molecule has 0 saturated carbocycles. The maximum atomic E-state index is 12.5. The van der Waals surface area contributed by atoms with Gasteiger partial charge in [0.15, 0.2) is 0 Å². The molecule has 0 aliphatic rings. The molecule has 2 rings (SSSR count). The van der Waals surface area contributed by atoms with Crippen LogP contribution < -0.4 is 5.32 Å². The van der Waals surface area contributed by atoms with Crippen molar-refractivity contribution in [2.45, 2.75) is 46.1 Å². The second-order valence-corrected chi connectivity index (χ2v) is 6.84. The zero-order valence-electron chi connectivity index (χ0n) is 16.0. The summed E-state index contributed by atoms with van der Waals surface area (Å²) >= 11 is 6.23. The average molecular weight is 392 g/mol. The van der Waals surface area contributed by atoms with Crippen molar-refractivity contribution in [1.29, 1.82) is 0 Å². The Labute approximate surface area is 164 Å². The van der Waals surface area contributed by atoms with Crippen molar-refractivity contribution in [3.8, 4) is 0 Å². The molecule has 0 unspecified atom stereocenters. The van der Waals surface area contributed by atoms with Crippen LogP contribution in [-0.4, -0.2) is 35.3 Å². The topological polar surface area (TPSA) is 73.2 Å². The maximum Gasteiger partial charge on any atom is 0.305 e. The second-order valence-electron chi connectivity index (χ2n) is 6.44. The molecular formula is C20H26ClN3O3. The number of nitrogens with zero attached hydrogens (tertiary/aromatic N) is 2. The lowest BCUT2D eigenvalue weighted by Gasteiger charge is -2.08. The molecular weight excluding hydrogens is 366 g/mol. The van der Waals surface area contributed by atoms with Gasteiger partial charge >= 0.3 is 5.97 Å². The van der Waals surface area contributed by atoms with Crippen LogP contribution in [0, 0.1) is 13.8 Å². The number of carbonyl (C=O) groups is 2. The van der Waals surface area contributed by atoms with Gasteiger partial charge in [-0.25, -0.2) is 0 Å². The van der Waals surface area contributed by atoms with Gasteiger partial charge in [0.1, 0.15) is 0 Å². The van der Waals surface area contributed by atoms with Crippen LogP contribution in [0.5, 0.6) is 0 Å². The van der Waals surface area contributed by atoms with E-state index in [4.69, 9.17) is 11.6 Å². The highest BCUT2D eigenvalue weighted by Gasteiger charge is 2.18. The van der Waals surface area contributed by atoms with Crippen LogP contribution in [0.2, 0.25) is 5.02 Å². The van der Waals surface area contributed by atoms with Gasteiger partial charge in [0, 0.05) is 23.7 Å². The van der Waals surface area contributed by atoms with Gasteiger partial charge in [0.25, 0.3) is 5.91 Å². The number of unbranched alkanes of at least 4 members (excludes halogenated alkanes) is 2. The number of hydrogen-bond acceptors (Lipinski definition) is 4. The average Bonchev–Trinajstić information content (AvgIpc) is 2.93. The molecule has 0 aliphatic heterocycles.